The Morgan fingerprint density at radius 1 is 1.09 bits per heavy atom. The number of nitrogens with two attached hydrogens (primary N) is 1. The summed E-state index contributed by atoms with van der Waals surface area (Å²) in [4.78, 5) is 27.6. The van der Waals surface area contributed by atoms with Crippen molar-refractivity contribution in [2.24, 2.45) is 5.73 Å². The predicted octanol–water partition coefficient (Wildman–Crippen LogP) is 2.03. The molecule has 0 aliphatic carbocycles. The summed E-state index contributed by atoms with van der Waals surface area (Å²) in [6.45, 7) is 1.46. The van der Waals surface area contributed by atoms with Crippen molar-refractivity contribution >= 4 is 17.9 Å². The molecule has 0 atom stereocenters. The molecule has 2 amide bonds. The van der Waals surface area contributed by atoms with Gasteiger partial charge in [0, 0.05) is 25.7 Å². The number of nitriles is 1. The highest BCUT2D eigenvalue weighted by molar-refractivity contribution is 5.91. The molecule has 0 fully saturated rings. The molecule has 2 rings (SSSR count). The normalized spacial score (nSPS) is 10.7. The minimum Gasteiger partial charge on any atom is -0.493 e. The SMILES string of the molecule is COc1cc(/C=C/C(=O)N(CCN(C)C)Cc2ccc(C#N)cc2)ccc1OCC(N)=O. The Bertz CT molecular complexity index is 994. The first-order valence-electron chi connectivity index (χ1n) is 10.0. The van der Waals surface area contributed by atoms with Crippen LogP contribution in [0.3, 0.4) is 0 Å². The van der Waals surface area contributed by atoms with Gasteiger partial charge in [-0.1, -0.05) is 18.2 Å². The van der Waals surface area contributed by atoms with E-state index < -0.39 is 5.91 Å². The first-order chi connectivity index (χ1) is 15.3. The topological polar surface area (TPSA) is 109 Å². The van der Waals surface area contributed by atoms with Crippen LogP contribution in [-0.2, 0) is 16.1 Å². The quantitative estimate of drug-likeness (QED) is 0.540. The molecule has 2 N–H and O–H groups in total. The number of nitrogens with zero attached hydrogens (tertiary/aromatic N) is 3. The molecule has 0 aromatic heterocycles. The van der Waals surface area contributed by atoms with Gasteiger partial charge in [-0.2, -0.15) is 5.26 Å². The molecule has 0 aliphatic heterocycles. The third-order valence-electron chi connectivity index (χ3n) is 4.56. The van der Waals surface area contributed by atoms with Gasteiger partial charge in [0.1, 0.15) is 0 Å². The standard InChI is InChI=1S/C24H28N4O4/c1-27(2)12-13-28(16-20-6-4-19(15-25)5-7-20)24(30)11-9-18-8-10-21(22(14-18)31-3)32-17-23(26)29/h4-11,14H,12-13,16-17H2,1-3H3,(H2,26,29)/b11-9+. The van der Waals surface area contributed by atoms with E-state index in [0.29, 0.717) is 30.2 Å². The van der Waals surface area contributed by atoms with E-state index in [0.717, 1.165) is 17.7 Å². The molecule has 0 spiro atoms. The number of primary amides is 1. The largest absolute Gasteiger partial charge is 0.493 e. The summed E-state index contributed by atoms with van der Waals surface area (Å²) in [5, 5.41) is 8.96. The molecule has 168 valence electrons. The molecule has 0 unspecified atom stereocenters. The fourth-order valence-corrected chi connectivity index (χ4v) is 2.82. The summed E-state index contributed by atoms with van der Waals surface area (Å²) < 4.78 is 10.6. The Morgan fingerprint density at radius 2 is 1.81 bits per heavy atom. The van der Waals surface area contributed by atoms with Crippen LogP contribution in [0.4, 0.5) is 0 Å². The molecule has 0 bridgehead atoms. The lowest BCUT2D eigenvalue weighted by molar-refractivity contribution is -0.126. The van der Waals surface area contributed by atoms with Crippen LogP contribution in [0, 0.1) is 11.3 Å². The number of rotatable bonds is 11. The number of carbonyl (C=O) groups excluding carboxylic acids is 2. The van der Waals surface area contributed by atoms with Gasteiger partial charge in [0.05, 0.1) is 18.7 Å². The first kappa shape index (κ1) is 24.4. The highest BCUT2D eigenvalue weighted by Gasteiger charge is 2.12. The van der Waals surface area contributed by atoms with E-state index in [-0.39, 0.29) is 12.5 Å². The van der Waals surface area contributed by atoms with E-state index in [1.165, 1.54) is 13.2 Å². The van der Waals surface area contributed by atoms with Crippen LogP contribution < -0.4 is 15.2 Å². The maximum absolute atomic E-state index is 12.9. The maximum Gasteiger partial charge on any atom is 0.255 e. The van der Waals surface area contributed by atoms with E-state index in [1.54, 1.807) is 41.3 Å². The van der Waals surface area contributed by atoms with Gasteiger partial charge < -0.3 is 25.0 Å². The fraction of sp³-hybridized carbons (Fsp3) is 0.292. The average Bonchev–Trinajstić information content (AvgIpc) is 2.79. The zero-order valence-electron chi connectivity index (χ0n) is 18.6. The summed E-state index contributed by atoms with van der Waals surface area (Å²) >= 11 is 0. The fourth-order valence-electron chi connectivity index (χ4n) is 2.82. The molecule has 0 saturated heterocycles. The van der Waals surface area contributed by atoms with Crippen molar-refractivity contribution in [1.29, 1.82) is 5.26 Å². The molecule has 2 aromatic carbocycles. The Hall–Kier alpha value is -3.83. The molecule has 2 aromatic rings. The molecular formula is C24H28N4O4. The van der Waals surface area contributed by atoms with Gasteiger partial charge in [-0.15, -0.1) is 0 Å². The highest BCUT2D eigenvalue weighted by atomic mass is 16.5. The van der Waals surface area contributed by atoms with Gasteiger partial charge >= 0.3 is 0 Å². The first-order valence-corrected chi connectivity index (χ1v) is 10.0. The molecule has 8 nitrogen and oxygen atoms in total. The lowest BCUT2D eigenvalue weighted by atomic mass is 10.1. The molecule has 0 aliphatic rings. The molecule has 0 saturated carbocycles. The number of methoxy groups -OCH3 is 1. The lowest BCUT2D eigenvalue weighted by Crippen LogP contribution is -2.35. The molecule has 0 heterocycles. The Labute approximate surface area is 188 Å². The molecular weight excluding hydrogens is 408 g/mol. The van der Waals surface area contributed by atoms with Gasteiger partial charge in [0.2, 0.25) is 5.91 Å². The van der Waals surface area contributed by atoms with E-state index in [1.807, 2.05) is 31.1 Å². The third kappa shape index (κ3) is 7.78. The number of likely N-dealkylation sites (N-methyl/N-ethyl adjacent to an activating group) is 1. The summed E-state index contributed by atoms with van der Waals surface area (Å²) in [7, 11) is 5.40. The van der Waals surface area contributed by atoms with Crippen LogP contribution in [0.25, 0.3) is 6.08 Å². The van der Waals surface area contributed by atoms with Crippen LogP contribution in [-0.4, -0.2) is 62.5 Å². The van der Waals surface area contributed by atoms with E-state index in [4.69, 9.17) is 20.5 Å². The van der Waals surface area contributed by atoms with Crippen molar-refractivity contribution in [3.05, 3.63) is 65.2 Å². The van der Waals surface area contributed by atoms with Gasteiger partial charge in [-0.05, 0) is 55.6 Å². The van der Waals surface area contributed by atoms with Crippen LogP contribution >= 0.6 is 0 Å². The van der Waals surface area contributed by atoms with Crippen molar-refractivity contribution in [3.8, 4) is 17.6 Å². The second-order valence-electron chi connectivity index (χ2n) is 7.37. The highest BCUT2D eigenvalue weighted by Crippen LogP contribution is 2.28. The number of hydrogen-bond donors (Lipinski definition) is 1. The summed E-state index contributed by atoms with van der Waals surface area (Å²) in [5.41, 5.74) is 7.38. The molecule has 8 heteroatoms. The van der Waals surface area contributed by atoms with Crippen molar-refractivity contribution in [2.75, 3.05) is 40.9 Å². The number of hydrogen-bond acceptors (Lipinski definition) is 6. The van der Waals surface area contributed by atoms with E-state index >= 15 is 0 Å². The second-order valence-corrected chi connectivity index (χ2v) is 7.37. The summed E-state index contributed by atoms with van der Waals surface area (Å²) in [6, 6.07) is 14.4. The Balaban J connectivity index is 2.14. The van der Waals surface area contributed by atoms with Crippen molar-refractivity contribution < 1.29 is 19.1 Å². The van der Waals surface area contributed by atoms with Gasteiger partial charge in [-0.25, -0.2) is 0 Å². The number of amides is 2. The third-order valence-corrected chi connectivity index (χ3v) is 4.56. The minimum atomic E-state index is -0.582. The second kappa shape index (κ2) is 12.1. The minimum absolute atomic E-state index is 0.135. The number of carbonyl (C=O) groups is 2. The Kier molecular flexibility index (Phi) is 9.26. The van der Waals surface area contributed by atoms with E-state index in [2.05, 4.69) is 6.07 Å². The maximum atomic E-state index is 12.9. The van der Waals surface area contributed by atoms with Crippen LogP contribution in [0.5, 0.6) is 11.5 Å². The average molecular weight is 437 g/mol. The van der Waals surface area contributed by atoms with Gasteiger partial charge in [-0.3, -0.25) is 9.59 Å². The van der Waals surface area contributed by atoms with Crippen LogP contribution in [0.15, 0.2) is 48.5 Å². The van der Waals surface area contributed by atoms with Crippen LogP contribution in [0.2, 0.25) is 0 Å². The van der Waals surface area contributed by atoms with Gasteiger partial charge in [0.25, 0.3) is 5.91 Å². The zero-order chi connectivity index (χ0) is 23.5. The molecule has 0 radical (unpaired) electrons. The van der Waals surface area contributed by atoms with Crippen LogP contribution in [0.1, 0.15) is 16.7 Å². The van der Waals surface area contributed by atoms with E-state index in [9.17, 15) is 9.59 Å². The zero-order valence-corrected chi connectivity index (χ0v) is 18.6. The molecule has 32 heavy (non-hydrogen) atoms. The smallest absolute Gasteiger partial charge is 0.255 e. The van der Waals surface area contributed by atoms with Gasteiger partial charge in [0.15, 0.2) is 18.1 Å². The number of benzene rings is 2. The summed E-state index contributed by atoms with van der Waals surface area (Å²) in [6.07, 6.45) is 3.21. The van der Waals surface area contributed by atoms with Crippen molar-refractivity contribution in [2.45, 2.75) is 6.54 Å². The number of ether oxygens (including phenoxy) is 2. The predicted molar refractivity (Wildman–Crippen MR) is 122 cm³/mol. The lowest BCUT2D eigenvalue weighted by Gasteiger charge is -2.23. The van der Waals surface area contributed by atoms with Crippen molar-refractivity contribution in [3.63, 3.8) is 0 Å². The van der Waals surface area contributed by atoms with Crippen molar-refractivity contribution in [1.82, 2.24) is 9.80 Å². The summed E-state index contributed by atoms with van der Waals surface area (Å²) in [5.74, 6) is 0.108. The Morgan fingerprint density at radius 3 is 2.41 bits per heavy atom. The monoisotopic (exact) mass is 436 g/mol.